The molecule has 0 spiro atoms. The van der Waals surface area contributed by atoms with E-state index in [9.17, 15) is 14.4 Å². The van der Waals surface area contributed by atoms with Crippen molar-refractivity contribution in [3.05, 3.63) is 140 Å². The molecule has 9 rings (SSSR count). The second-order valence-corrected chi connectivity index (χ2v) is 20.8. The number of likely N-dealkylation sites (tertiary alicyclic amines) is 1. The fourth-order valence-corrected chi connectivity index (χ4v) is 11.4. The Morgan fingerprint density at radius 1 is 0.928 bits per heavy atom. The molecule has 1 unspecified atom stereocenters. The van der Waals surface area contributed by atoms with E-state index in [1.165, 1.54) is 4.88 Å². The van der Waals surface area contributed by atoms with Gasteiger partial charge in [0.05, 0.1) is 41.0 Å². The number of carbonyl (C=O) groups excluding carboxylic acids is 3. The molecule has 6 heterocycles. The minimum absolute atomic E-state index is 0.0657. The van der Waals surface area contributed by atoms with Crippen LogP contribution >= 0.6 is 34.3 Å². The Labute approximate surface area is 414 Å². The number of thiazole rings is 1. The van der Waals surface area contributed by atoms with Gasteiger partial charge in [-0.25, -0.2) is 4.98 Å². The maximum Gasteiger partial charge on any atom is 0.248 e. The second kappa shape index (κ2) is 20.2. The standard InChI is InChI=1S/C52H55ClN10O4S2/c1-29(2)47(51(66)61-26-30(3)21-43(61)50(65)55-24-35-11-13-37(14-12-35)48-32(5)56-28-68-48)62-27-39(25-57-62)38-9-8-10-41(22-38)67-20-19-54-44(64)23-42-49-60-59-34(7)63(49)52-45(31(4)33(6)69-52)46(58-42)36-15-17-40(53)18-16-36/h8-18,22,25,27-30,42-43,47H,19-21,23-24,26H2,1-7H3,(H,54,64)(H,55,65)/t30-,42?,43+,47+/m1/s1. The van der Waals surface area contributed by atoms with E-state index in [4.69, 9.17) is 26.4 Å². The quantitative estimate of drug-likeness (QED) is 0.0961. The summed E-state index contributed by atoms with van der Waals surface area (Å²) in [6.45, 7) is 15.6. The van der Waals surface area contributed by atoms with E-state index in [-0.39, 0.29) is 49.1 Å². The predicted octanol–water partition coefficient (Wildman–Crippen LogP) is 9.43. The number of aryl methyl sites for hydroxylation is 3. The normalized spacial score (nSPS) is 17.0. The molecule has 3 amide bonds. The fourth-order valence-electron chi connectivity index (χ4n) is 9.22. The van der Waals surface area contributed by atoms with Gasteiger partial charge in [0, 0.05) is 45.9 Å². The van der Waals surface area contributed by atoms with Crippen molar-refractivity contribution in [2.75, 3.05) is 19.7 Å². The van der Waals surface area contributed by atoms with E-state index in [1.807, 2.05) is 105 Å². The summed E-state index contributed by atoms with van der Waals surface area (Å²) in [6.07, 6.45) is 4.29. The summed E-state index contributed by atoms with van der Waals surface area (Å²) < 4.78 is 9.89. The third kappa shape index (κ3) is 10.0. The Morgan fingerprint density at radius 3 is 2.43 bits per heavy atom. The number of amides is 3. The van der Waals surface area contributed by atoms with E-state index in [1.54, 1.807) is 38.5 Å². The van der Waals surface area contributed by atoms with Gasteiger partial charge >= 0.3 is 0 Å². The molecular formula is C52H55ClN10O4S2. The van der Waals surface area contributed by atoms with Crippen LogP contribution in [0.3, 0.4) is 0 Å². The SMILES string of the molecule is Cc1ncsc1-c1ccc(CNC(=O)[C@@H]2C[C@@H](C)CN2C(=O)[C@H](C(C)C)n2cc(-c3cccc(OCCNC(=O)CC4N=C(c5ccc(Cl)cc5)c5c(sc(C)c5C)-n5c(C)nnc54)c3)cn2)cc1. The highest BCUT2D eigenvalue weighted by atomic mass is 35.5. The fraction of sp³-hybridized carbons (Fsp3) is 0.346. The summed E-state index contributed by atoms with van der Waals surface area (Å²) >= 11 is 9.55. The zero-order valence-electron chi connectivity index (χ0n) is 39.7. The zero-order valence-corrected chi connectivity index (χ0v) is 42.1. The number of hydrogen-bond acceptors (Lipinski definition) is 11. The van der Waals surface area contributed by atoms with E-state index < -0.39 is 18.1 Å². The first-order valence-corrected chi connectivity index (χ1v) is 25.3. The molecule has 1 fully saturated rings. The number of nitrogens with zero attached hydrogens (tertiary/aromatic N) is 8. The first kappa shape index (κ1) is 47.6. The van der Waals surface area contributed by atoms with E-state index in [0.29, 0.717) is 36.1 Å². The monoisotopic (exact) mass is 982 g/mol. The molecule has 0 saturated carbocycles. The van der Waals surface area contributed by atoms with Crippen LogP contribution in [0.5, 0.6) is 5.75 Å². The average molecular weight is 984 g/mol. The van der Waals surface area contributed by atoms with Crippen LogP contribution in [-0.2, 0) is 20.9 Å². The molecule has 2 aliphatic heterocycles. The Bertz CT molecular complexity index is 3040. The van der Waals surface area contributed by atoms with Gasteiger partial charge < -0.3 is 20.3 Å². The van der Waals surface area contributed by atoms with E-state index in [2.05, 4.69) is 58.7 Å². The lowest BCUT2D eigenvalue weighted by molar-refractivity contribution is -0.142. The van der Waals surface area contributed by atoms with Gasteiger partial charge in [0.1, 0.15) is 41.3 Å². The Morgan fingerprint density at radius 2 is 1.70 bits per heavy atom. The van der Waals surface area contributed by atoms with Gasteiger partial charge in [0.2, 0.25) is 17.7 Å². The first-order valence-electron chi connectivity index (χ1n) is 23.2. The number of benzene rings is 3. The van der Waals surface area contributed by atoms with Gasteiger partial charge in [-0.1, -0.05) is 80.9 Å². The predicted molar refractivity (Wildman–Crippen MR) is 271 cm³/mol. The lowest BCUT2D eigenvalue weighted by Gasteiger charge is -2.30. The number of ether oxygens (including phenoxy) is 1. The lowest BCUT2D eigenvalue weighted by Crippen LogP contribution is -2.48. The minimum atomic E-state index is -0.612. The zero-order chi connectivity index (χ0) is 48.5. The number of thiophene rings is 1. The summed E-state index contributed by atoms with van der Waals surface area (Å²) in [4.78, 5) is 55.3. The molecular weight excluding hydrogens is 928 g/mol. The van der Waals surface area contributed by atoms with E-state index in [0.717, 1.165) is 66.1 Å². The van der Waals surface area contributed by atoms with Crippen LogP contribution in [0.15, 0.2) is 95.7 Å². The maximum atomic E-state index is 14.4. The molecule has 0 bridgehead atoms. The highest BCUT2D eigenvalue weighted by Crippen LogP contribution is 2.40. The summed E-state index contributed by atoms with van der Waals surface area (Å²) in [6, 6.07) is 21.6. The number of hydrogen-bond donors (Lipinski definition) is 2. The van der Waals surface area contributed by atoms with Crippen LogP contribution in [0, 0.1) is 39.5 Å². The molecule has 3 aromatic carbocycles. The van der Waals surface area contributed by atoms with Crippen molar-refractivity contribution >= 4 is 57.7 Å². The molecule has 17 heteroatoms. The highest BCUT2D eigenvalue weighted by Gasteiger charge is 2.42. The van der Waals surface area contributed by atoms with Gasteiger partial charge in [-0.15, -0.1) is 32.9 Å². The number of fused-ring (bicyclic) bond motifs is 3. The first-order chi connectivity index (χ1) is 33.2. The summed E-state index contributed by atoms with van der Waals surface area (Å²) in [7, 11) is 0. The van der Waals surface area contributed by atoms with Crippen molar-refractivity contribution in [3.63, 3.8) is 0 Å². The van der Waals surface area contributed by atoms with Crippen LogP contribution < -0.4 is 15.4 Å². The third-order valence-corrected chi connectivity index (χ3v) is 15.3. The molecule has 14 nitrogen and oxygen atoms in total. The summed E-state index contributed by atoms with van der Waals surface area (Å²) in [5, 5.41) is 21.4. The second-order valence-electron chi connectivity index (χ2n) is 18.3. The van der Waals surface area contributed by atoms with Gasteiger partial charge in [-0.05, 0) is 92.5 Å². The van der Waals surface area contributed by atoms with Gasteiger partial charge in [-0.2, -0.15) is 5.10 Å². The van der Waals surface area contributed by atoms with Crippen LogP contribution in [-0.4, -0.2) is 83.6 Å². The topological polar surface area (TPSA) is 162 Å². The van der Waals surface area contributed by atoms with Gasteiger partial charge in [-0.3, -0.25) is 28.6 Å². The molecule has 2 N–H and O–H groups in total. The molecule has 69 heavy (non-hydrogen) atoms. The van der Waals surface area contributed by atoms with Crippen molar-refractivity contribution < 1.29 is 19.1 Å². The van der Waals surface area contributed by atoms with Crippen LogP contribution in [0.25, 0.3) is 26.6 Å². The Balaban J connectivity index is 0.817. The summed E-state index contributed by atoms with van der Waals surface area (Å²) in [5.74, 6) is 1.56. The Kier molecular flexibility index (Phi) is 13.9. The molecule has 1 saturated heterocycles. The molecule has 356 valence electrons. The number of carbonyl (C=O) groups is 3. The van der Waals surface area contributed by atoms with Crippen molar-refractivity contribution in [2.24, 2.45) is 16.8 Å². The van der Waals surface area contributed by atoms with Crippen LogP contribution in [0.4, 0.5) is 0 Å². The third-order valence-electron chi connectivity index (χ3n) is 12.9. The van der Waals surface area contributed by atoms with Crippen molar-refractivity contribution in [1.82, 2.24) is 45.1 Å². The Hall–Kier alpha value is -6.49. The molecule has 0 aliphatic carbocycles. The highest BCUT2D eigenvalue weighted by molar-refractivity contribution is 7.15. The van der Waals surface area contributed by atoms with Gasteiger partial charge in [0.15, 0.2) is 5.82 Å². The van der Waals surface area contributed by atoms with Crippen molar-refractivity contribution in [3.8, 4) is 32.3 Å². The van der Waals surface area contributed by atoms with E-state index >= 15 is 0 Å². The lowest BCUT2D eigenvalue weighted by atomic mass is 9.99. The number of aliphatic imine (C=N–C) groups is 1. The van der Waals surface area contributed by atoms with Gasteiger partial charge in [0.25, 0.3) is 0 Å². The summed E-state index contributed by atoms with van der Waals surface area (Å²) in [5.41, 5.74) is 10.4. The molecule has 2 aliphatic rings. The molecule has 4 atom stereocenters. The minimum Gasteiger partial charge on any atom is -0.492 e. The largest absolute Gasteiger partial charge is 0.492 e. The van der Waals surface area contributed by atoms with Crippen LogP contribution in [0.2, 0.25) is 5.02 Å². The van der Waals surface area contributed by atoms with Crippen molar-refractivity contribution in [2.45, 2.75) is 86.0 Å². The number of halogens is 1. The molecule has 0 radical (unpaired) electrons. The number of aromatic nitrogens is 6. The van der Waals surface area contributed by atoms with Crippen molar-refractivity contribution in [1.29, 1.82) is 0 Å². The maximum absolute atomic E-state index is 14.4. The number of nitrogens with one attached hydrogen (secondary N) is 2. The smallest absolute Gasteiger partial charge is 0.248 e. The number of rotatable bonds is 15. The van der Waals surface area contributed by atoms with Crippen LogP contribution in [0.1, 0.15) is 90.2 Å². The molecule has 4 aromatic heterocycles. The average Bonchev–Trinajstić information content (AvgIpc) is 4.18. The molecule has 7 aromatic rings.